The molecular formula is C20H26F4N2O4. The molecule has 2 rings (SSSR count). The van der Waals surface area contributed by atoms with E-state index in [1.165, 1.54) is 26.4 Å². The molecule has 0 aromatic heterocycles. The third-order valence-corrected chi connectivity index (χ3v) is 3.75. The number of benzene rings is 2. The summed E-state index contributed by atoms with van der Waals surface area (Å²) in [4.78, 5) is 0. The van der Waals surface area contributed by atoms with E-state index in [1.807, 2.05) is 0 Å². The number of hydrogen-bond donors (Lipinski definition) is 2. The highest BCUT2D eigenvalue weighted by Crippen LogP contribution is 2.30. The molecule has 4 N–H and O–H groups in total. The first-order valence-electron chi connectivity index (χ1n) is 8.98. The van der Waals surface area contributed by atoms with E-state index < -0.39 is 13.2 Å². The van der Waals surface area contributed by atoms with E-state index in [4.69, 9.17) is 20.9 Å². The Morgan fingerprint density at radius 2 is 1.03 bits per heavy atom. The molecule has 6 nitrogen and oxygen atoms in total. The molecule has 0 fully saturated rings. The maximum Gasteiger partial charge on any atom is 0.387 e. The van der Waals surface area contributed by atoms with Crippen molar-refractivity contribution >= 4 is 0 Å². The number of halogens is 4. The number of alkyl halides is 4. The summed E-state index contributed by atoms with van der Waals surface area (Å²) >= 11 is 0. The zero-order chi connectivity index (χ0) is 22.5. The lowest BCUT2D eigenvalue weighted by atomic mass is 10.1. The van der Waals surface area contributed by atoms with Crippen LogP contribution in [0.1, 0.15) is 11.1 Å². The van der Waals surface area contributed by atoms with E-state index in [9.17, 15) is 17.6 Å². The first-order valence-corrected chi connectivity index (χ1v) is 8.98. The highest BCUT2D eigenvalue weighted by molar-refractivity contribution is 5.43. The van der Waals surface area contributed by atoms with E-state index in [0.717, 1.165) is 11.1 Å². The van der Waals surface area contributed by atoms with Crippen LogP contribution in [0, 0.1) is 0 Å². The van der Waals surface area contributed by atoms with Gasteiger partial charge in [0.1, 0.15) is 0 Å². The van der Waals surface area contributed by atoms with Crippen LogP contribution in [0.5, 0.6) is 23.0 Å². The summed E-state index contributed by atoms with van der Waals surface area (Å²) in [5.41, 5.74) is 12.4. The summed E-state index contributed by atoms with van der Waals surface area (Å²) in [6.07, 6.45) is 1.23. The van der Waals surface area contributed by atoms with Crippen molar-refractivity contribution in [2.75, 3.05) is 27.3 Å². The minimum atomic E-state index is -2.85. The molecule has 2 aromatic rings. The highest BCUT2D eigenvalue weighted by Gasteiger charge is 2.11. The Bertz CT molecular complexity index is 700. The average molecular weight is 434 g/mol. The topological polar surface area (TPSA) is 89.0 Å². The van der Waals surface area contributed by atoms with Crippen LogP contribution in [-0.4, -0.2) is 40.5 Å². The van der Waals surface area contributed by atoms with Crippen molar-refractivity contribution < 1.29 is 36.5 Å². The Hall–Kier alpha value is -2.72. The Balaban J connectivity index is 0.000000300. The van der Waals surface area contributed by atoms with Crippen molar-refractivity contribution in [3.8, 4) is 23.0 Å². The molecule has 0 aliphatic heterocycles. The quantitative estimate of drug-likeness (QED) is 0.556. The van der Waals surface area contributed by atoms with Crippen LogP contribution in [0.3, 0.4) is 0 Å². The molecule has 30 heavy (non-hydrogen) atoms. The van der Waals surface area contributed by atoms with Gasteiger partial charge in [-0.1, -0.05) is 12.1 Å². The van der Waals surface area contributed by atoms with Gasteiger partial charge in [0.15, 0.2) is 23.0 Å². The summed E-state index contributed by atoms with van der Waals surface area (Å²) in [6, 6.07) is 9.73. The van der Waals surface area contributed by atoms with Crippen LogP contribution < -0.4 is 30.4 Å². The maximum atomic E-state index is 12.1. The molecule has 0 saturated heterocycles. The van der Waals surface area contributed by atoms with Crippen LogP contribution in [-0.2, 0) is 12.8 Å². The maximum absolute atomic E-state index is 12.1. The Morgan fingerprint density at radius 3 is 1.30 bits per heavy atom. The van der Waals surface area contributed by atoms with E-state index in [2.05, 4.69) is 9.47 Å². The monoisotopic (exact) mass is 434 g/mol. The third-order valence-electron chi connectivity index (χ3n) is 3.75. The first kappa shape index (κ1) is 25.3. The lowest BCUT2D eigenvalue weighted by molar-refractivity contribution is -0.0518. The van der Waals surface area contributed by atoms with Crippen molar-refractivity contribution in [1.29, 1.82) is 0 Å². The molecule has 0 radical (unpaired) electrons. The molecule has 2 aromatic carbocycles. The largest absolute Gasteiger partial charge is 0.493 e. The fraction of sp³-hybridized carbons (Fsp3) is 0.400. The Morgan fingerprint density at radius 1 is 0.667 bits per heavy atom. The summed E-state index contributed by atoms with van der Waals surface area (Å²) < 4.78 is 66.6. The van der Waals surface area contributed by atoms with E-state index in [-0.39, 0.29) is 23.0 Å². The van der Waals surface area contributed by atoms with Crippen molar-refractivity contribution in [2.24, 2.45) is 11.5 Å². The van der Waals surface area contributed by atoms with Gasteiger partial charge in [-0.3, -0.25) is 0 Å². The molecule has 0 amide bonds. The van der Waals surface area contributed by atoms with Gasteiger partial charge in [0.05, 0.1) is 14.2 Å². The zero-order valence-corrected chi connectivity index (χ0v) is 16.7. The first-order chi connectivity index (χ1) is 14.3. The SMILES string of the molecule is COc1ccc(CCN)cc1OC(F)F.COc1ccc(CCN)cc1OC(F)F. The molecule has 0 atom stereocenters. The molecule has 0 bridgehead atoms. The lowest BCUT2D eigenvalue weighted by Gasteiger charge is -2.11. The minimum absolute atomic E-state index is 0.0402. The Labute approximate surface area is 172 Å². The fourth-order valence-electron chi connectivity index (χ4n) is 2.46. The van der Waals surface area contributed by atoms with Gasteiger partial charge in [0.2, 0.25) is 0 Å². The predicted octanol–water partition coefficient (Wildman–Crippen LogP) is 3.60. The third kappa shape index (κ3) is 8.75. The molecular weight excluding hydrogens is 408 g/mol. The smallest absolute Gasteiger partial charge is 0.387 e. The normalized spacial score (nSPS) is 10.5. The predicted molar refractivity (Wildman–Crippen MR) is 105 cm³/mol. The van der Waals surface area contributed by atoms with Crippen molar-refractivity contribution in [3.63, 3.8) is 0 Å². The van der Waals surface area contributed by atoms with E-state index in [1.54, 1.807) is 24.3 Å². The van der Waals surface area contributed by atoms with Crippen molar-refractivity contribution in [1.82, 2.24) is 0 Å². The molecule has 0 aliphatic rings. The van der Waals surface area contributed by atoms with Gasteiger partial charge in [0, 0.05) is 0 Å². The second kappa shape index (κ2) is 13.5. The number of hydrogen-bond acceptors (Lipinski definition) is 6. The van der Waals surface area contributed by atoms with Gasteiger partial charge >= 0.3 is 13.2 Å². The van der Waals surface area contributed by atoms with Gasteiger partial charge in [-0.25, -0.2) is 0 Å². The van der Waals surface area contributed by atoms with Crippen LogP contribution in [0.2, 0.25) is 0 Å². The molecule has 0 saturated carbocycles. The van der Waals surface area contributed by atoms with Gasteiger partial charge in [-0.15, -0.1) is 0 Å². The Kier molecular flexibility index (Phi) is 11.4. The summed E-state index contributed by atoms with van der Waals surface area (Å²) in [7, 11) is 2.80. The average Bonchev–Trinajstić information content (AvgIpc) is 2.69. The van der Waals surface area contributed by atoms with Gasteiger partial charge in [-0.05, 0) is 61.3 Å². The number of methoxy groups -OCH3 is 2. The van der Waals surface area contributed by atoms with Crippen LogP contribution in [0.4, 0.5) is 17.6 Å². The van der Waals surface area contributed by atoms with Crippen LogP contribution >= 0.6 is 0 Å². The molecule has 10 heteroatoms. The summed E-state index contributed by atoms with van der Waals surface area (Å²) in [5.74, 6) is 0.657. The van der Waals surface area contributed by atoms with Gasteiger partial charge in [-0.2, -0.15) is 17.6 Å². The number of nitrogens with two attached hydrogens (primary N) is 2. The van der Waals surface area contributed by atoms with Crippen LogP contribution in [0.15, 0.2) is 36.4 Å². The van der Waals surface area contributed by atoms with Crippen LogP contribution in [0.25, 0.3) is 0 Å². The second-order valence-corrected chi connectivity index (χ2v) is 5.80. The van der Waals surface area contributed by atoms with Gasteiger partial charge in [0.25, 0.3) is 0 Å². The highest BCUT2D eigenvalue weighted by atomic mass is 19.3. The fourth-order valence-corrected chi connectivity index (χ4v) is 2.46. The molecule has 0 spiro atoms. The molecule has 0 heterocycles. The molecule has 0 unspecified atom stereocenters. The zero-order valence-electron chi connectivity index (χ0n) is 16.7. The van der Waals surface area contributed by atoms with Crippen molar-refractivity contribution in [3.05, 3.63) is 47.5 Å². The number of rotatable bonds is 10. The second-order valence-electron chi connectivity index (χ2n) is 5.80. The molecule has 168 valence electrons. The van der Waals surface area contributed by atoms with Crippen molar-refractivity contribution in [2.45, 2.75) is 26.1 Å². The van der Waals surface area contributed by atoms with Gasteiger partial charge < -0.3 is 30.4 Å². The lowest BCUT2D eigenvalue weighted by Crippen LogP contribution is -2.06. The standard InChI is InChI=1S/2C10H13F2NO2/c2*1-14-8-3-2-7(4-5-13)6-9(8)15-10(11)12/h2*2-3,6,10H,4-5,13H2,1H3. The summed E-state index contributed by atoms with van der Waals surface area (Å²) in [6.45, 7) is -4.79. The van der Waals surface area contributed by atoms with E-state index in [0.29, 0.717) is 25.9 Å². The van der Waals surface area contributed by atoms with E-state index >= 15 is 0 Å². The molecule has 0 aliphatic carbocycles. The summed E-state index contributed by atoms with van der Waals surface area (Å²) in [5, 5.41) is 0. The minimum Gasteiger partial charge on any atom is -0.493 e. The number of ether oxygens (including phenoxy) is 4.